The molecule has 0 aliphatic heterocycles. The summed E-state index contributed by atoms with van der Waals surface area (Å²) in [5.41, 5.74) is -0.270. The minimum Gasteiger partial charge on any atom is -0.487 e. The summed E-state index contributed by atoms with van der Waals surface area (Å²) in [4.78, 5) is 22.6. The maximum Gasteiger partial charge on any atom is 0.270 e. The lowest BCUT2D eigenvalue weighted by molar-refractivity contribution is -0.384. The maximum atomic E-state index is 14.0. The first-order valence-electron chi connectivity index (χ1n) is 10.4. The van der Waals surface area contributed by atoms with E-state index in [0.29, 0.717) is 5.69 Å². The zero-order chi connectivity index (χ0) is 20.9. The average molecular weight is 410 g/mol. The molecule has 4 saturated carbocycles. The third kappa shape index (κ3) is 3.53. The van der Waals surface area contributed by atoms with E-state index in [1.807, 2.05) is 12.1 Å². The Balaban J connectivity index is 1.27. The average Bonchev–Trinajstić information content (AvgIpc) is 2.68. The molecule has 4 bridgehead atoms. The summed E-state index contributed by atoms with van der Waals surface area (Å²) >= 11 is 0. The molecule has 0 heterocycles. The van der Waals surface area contributed by atoms with Crippen LogP contribution in [0.25, 0.3) is 0 Å². The van der Waals surface area contributed by atoms with Crippen molar-refractivity contribution < 1.29 is 18.8 Å². The van der Waals surface area contributed by atoms with Gasteiger partial charge in [0.25, 0.3) is 11.6 Å². The van der Waals surface area contributed by atoms with Crippen LogP contribution >= 0.6 is 0 Å². The zero-order valence-electron chi connectivity index (χ0n) is 16.5. The third-order valence-electron chi connectivity index (χ3n) is 6.83. The molecule has 4 aliphatic rings. The molecule has 0 unspecified atom stereocenters. The van der Waals surface area contributed by atoms with Gasteiger partial charge in [-0.25, -0.2) is 4.39 Å². The standard InChI is InChI=1S/C23H23FN2O4/c24-21-6-3-18(26(28)29)10-20(21)22(27)25-17-1-4-19(5-2-17)30-23-11-14-7-15(12-23)9-16(8-14)13-23/h1-6,10,14-16H,7-9,11-13H2,(H,25,27). The lowest BCUT2D eigenvalue weighted by atomic mass is 9.54. The number of hydrogen-bond acceptors (Lipinski definition) is 4. The van der Waals surface area contributed by atoms with Crippen LogP contribution < -0.4 is 10.1 Å². The molecule has 2 aromatic carbocycles. The topological polar surface area (TPSA) is 81.5 Å². The molecule has 4 aliphatic carbocycles. The number of rotatable bonds is 5. The van der Waals surface area contributed by atoms with Gasteiger partial charge in [-0.3, -0.25) is 14.9 Å². The number of carbonyl (C=O) groups is 1. The van der Waals surface area contributed by atoms with Gasteiger partial charge in [0.2, 0.25) is 0 Å². The molecule has 156 valence electrons. The number of non-ortho nitro benzene ring substituents is 1. The van der Waals surface area contributed by atoms with Crippen LogP contribution in [0.3, 0.4) is 0 Å². The Morgan fingerprint density at radius 1 is 1.03 bits per heavy atom. The molecule has 1 N–H and O–H groups in total. The molecule has 0 spiro atoms. The largest absolute Gasteiger partial charge is 0.487 e. The van der Waals surface area contributed by atoms with Crippen molar-refractivity contribution in [2.75, 3.05) is 5.32 Å². The number of halogens is 1. The number of amides is 1. The van der Waals surface area contributed by atoms with Crippen molar-refractivity contribution in [1.82, 2.24) is 0 Å². The van der Waals surface area contributed by atoms with Crippen LogP contribution in [0.15, 0.2) is 42.5 Å². The molecule has 0 atom stereocenters. The van der Waals surface area contributed by atoms with Gasteiger partial charge >= 0.3 is 0 Å². The Hall–Kier alpha value is -2.96. The van der Waals surface area contributed by atoms with Gasteiger partial charge in [-0.05, 0) is 86.6 Å². The fourth-order valence-corrected chi connectivity index (χ4v) is 6.01. The molecule has 6 nitrogen and oxygen atoms in total. The van der Waals surface area contributed by atoms with E-state index in [-0.39, 0.29) is 16.9 Å². The number of benzene rings is 2. The smallest absolute Gasteiger partial charge is 0.270 e. The number of anilines is 1. The minimum atomic E-state index is -0.806. The van der Waals surface area contributed by atoms with Gasteiger partial charge in [-0.1, -0.05) is 0 Å². The Bertz CT molecular complexity index is 969. The van der Waals surface area contributed by atoms with E-state index in [1.165, 1.54) is 19.3 Å². The van der Waals surface area contributed by atoms with E-state index in [2.05, 4.69) is 5.32 Å². The van der Waals surface area contributed by atoms with Crippen LogP contribution in [0.5, 0.6) is 5.75 Å². The van der Waals surface area contributed by atoms with Gasteiger partial charge in [0.15, 0.2) is 0 Å². The van der Waals surface area contributed by atoms with Crippen LogP contribution in [-0.2, 0) is 0 Å². The summed E-state index contributed by atoms with van der Waals surface area (Å²) in [5.74, 6) is 1.61. The fraction of sp³-hybridized carbons (Fsp3) is 0.435. The summed E-state index contributed by atoms with van der Waals surface area (Å²) in [6.07, 6.45) is 7.43. The highest BCUT2D eigenvalue weighted by molar-refractivity contribution is 6.04. The first-order valence-corrected chi connectivity index (χ1v) is 10.4. The molecule has 6 rings (SSSR count). The number of nitrogens with one attached hydrogen (secondary N) is 1. The van der Waals surface area contributed by atoms with E-state index in [0.717, 1.165) is 61.0 Å². The normalized spacial score (nSPS) is 28.9. The Morgan fingerprint density at radius 2 is 1.63 bits per heavy atom. The maximum absolute atomic E-state index is 14.0. The first-order chi connectivity index (χ1) is 14.4. The zero-order valence-corrected chi connectivity index (χ0v) is 16.5. The van der Waals surface area contributed by atoms with E-state index in [1.54, 1.807) is 12.1 Å². The van der Waals surface area contributed by atoms with Crippen LogP contribution in [-0.4, -0.2) is 16.4 Å². The molecule has 30 heavy (non-hydrogen) atoms. The Morgan fingerprint density at radius 3 is 2.20 bits per heavy atom. The summed E-state index contributed by atoms with van der Waals surface area (Å²) in [6, 6.07) is 9.95. The second kappa shape index (κ2) is 7.07. The quantitative estimate of drug-likeness (QED) is 0.533. The van der Waals surface area contributed by atoms with Crippen molar-refractivity contribution in [3.63, 3.8) is 0 Å². The lowest BCUT2D eigenvalue weighted by Gasteiger charge is -2.56. The fourth-order valence-electron chi connectivity index (χ4n) is 6.01. The van der Waals surface area contributed by atoms with Gasteiger partial charge in [0.1, 0.15) is 17.2 Å². The molecule has 1 amide bonds. The second-order valence-corrected chi connectivity index (χ2v) is 9.10. The number of hydrogen-bond donors (Lipinski definition) is 1. The molecule has 0 saturated heterocycles. The van der Waals surface area contributed by atoms with Gasteiger partial charge in [-0.2, -0.15) is 0 Å². The highest BCUT2D eigenvalue weighted by Crippen LogP contribution is 2.57. The van der Waals surface area contributed by atoms with E-state index >= 15 is 0 Å². The van der Waals surface area contributed by atoms with E-state index < -0.39 is 16.6 Å². The SMILES string of the molecule is O=C(Nc1ccc(OC23CC4CC(CC(C4)C2)C3)cc1)c1cc([N+](=O)[O-])ccc1F. The van der Waals surface area contributed by atoms with Gasteiger partial charge in [-0.15, -0.1) is 0 Å². The molecule has 7 heteroatoms. The first kappa shape index (κ1) is 19.0. The molecule has 0 radical (unpaired) electrons. The number of ether oxygens (including phenoxy) is 1. The van der Waals surface area contributed by atoms with Crippen molar-refractivity contribution in [3.05, 3.63) is 64.0 Å². The van der Waals surface area contributed by atoms with Crippen LogP contribution in [0.2, 0.25) is 0 Å². The number of carbonyl (C=O) groups excluding carboxylic acids is 1. The second-order valence-electron chi connectivity index (χ2n) is 9.10. The highest BCUT2D eigenvalue weighted by atomic mass is 19.1. The predicted molar refractivity (Wildman–Crippen MR) is 109 cm³/mol. The minimum absolute atomic E-state index is 0.0500. The van der Waals surface area contributed by atoms with Crippen LogP contribution in [0.4, 0.5) is 15.8 Å². The van der Waals surface area contributed by atoms with Crippen LogP contribution in [0.1, 0.15) is 48.9 Å². The molecular weight excluding hydrogens is 387 g/mol. The van der Waals surface area contributed by atoms with Gasteiger partial charge < -0.3 is 10.1 Å². The summed E-state index contributed by atoms with van der Waals surface area (Å²) in [6.45, 7) is 0. The highest BCUT2D eigenvalue weighted by Gasteiger charge is 2.52. The summed E-state index contributed by atoms with van der Waals surface area (Å²) in [5, 5.41) is 13.5. The van der Waals surface area contributed by atoms with E-state index in [4.69, 9.17) is 4.74 Å². The molecular formula is C23H23FN2O4. The van der Waals surface area contributed by atoms with Crippen molar-refractivity contribution in [2.45, 2.75) is 44.1 Å². The predicted octanol–water partition coefficient (Wildman–Crippen LogP) is 5.33. The van der Waals surface area contributed by atoms with E-state index in [9.17, 15) is 19.3 Å². The summed E-state index contributed by atoms with van der Waals surface area (Å²) in [7, 11) is 0. The summed E-state index contributed by atoms with van der Waals surface area (Å²) < 4.78 is 20.4. The van der Waals surface area contributed by atoms with Crippen molar-refractivity contribution in [2.24, 2.45) is 17.8 Å². The van der Waals surface area contributed by atoms with Crippen molar-refractivity contribution >= 4 is 17.3 Å². The monoisotopic (exact) mass is 410 g/mol. The lowest BCUT2D eigenvalue weighted by Crippen LogP contribution is -2.53. The molecule has 0 aromatic heterocycles. The third-order valence-corrected chi connectivity index (χ3v) is 6.83. The molecule has 2 aromatic rings. The van der Waals surface area contributed by atoms with Gasteiger partial charge in [0.05, 0.1) is 10.5 Å². The Labute approximate surface area is 173 Å². The number of nitrogens with zero attached hydrogens (tertiary/aromatic N) is 1. The number of nitro groups is 1. The van der Waals surface area contributed by atoms with Gasteiger partial charge in [0, 0.05) is 17.8 Å². The molecule has 4 fully saturated rings. The van der Waals surface area contributed by atoms with Crippen LogP contribution in [0, 0.1) is 33.7 Å². The van der Waals surface area contributed by atoms with Crippen molar-refractivity contribution in [1.29, 1.82) is 0 Å². The number of nitro benzene ring substituents is 1. The Kier molecular flexibility index (Phi) is 4.49. The van der Waals surface area contributed by atoms with Crippen molar-refractivity contribution in [3.8, 4) is 5.75 Å².